The molecule has 0 fully saturated rings. The smallest absolute Gasteiger partial charge is 0.476 e. The van der Waals surface area contributed by atoms with Gasteiger partial charge >= 0.3 is 12.1 Å². The van der Waals surface area contributed by atoms with Gasteiger partial charge in [0.15, 0.2) is 11.5 Å². The lowest BCUT2D eigenvalue weighted by Crippen LogP contribution is -2.61. The highest BCUT2D eigenvalue weighted by molar-refractivity contribution is 6.31. The van der Waals surface area contributed by atoms with Crippen molar-refractivity contribution in [3.05, 3.63) is 85.2 Å². The highest BCUT2D eigenvalue weighted by Gasteiger charge is 2.52. The summed E-state index contributed by atoms with van der Waals surface area (Å²) in [4.78, 5) is 56.6. The number of H-pyrrole nitrogens is 1. The molecule has 0 amide bonds. The number of carbonyl (C=O) groups excluding carboxylic acids is 1. The summed E-state index contributed by atoms with van der Waals surface area (Å²) in [5, 5.41) is 46.3. The van der Waals surface area contributed by atoms with Crippen LogP contribution in [0.3, 0.4) is 0 Å². The summed E-state index contributed by atoms with van der Waals surface area (Å²) >= 11 is 6.52. The normalized spacial score (nSPS) is 16.6. The maximum atomic E-state index is 12.8. The molecule has 2 aromatic carbocycles. The highest BCUT2D eigenvalue weighted by Crippen LogP contribution is 2.40. The first kappa shape index (κ1) is 38.1. The lowest BCUT2D eigenvalue weighted by molar-refractivity contribution is -0.790. The number of halogens is 1. The number of tetrazole rings is 1. The Kier molecular flexibility index (Phi) is 13.3. The molecule has 2 unspecified atom stereocenters. The molecular formula is C31H37ClN8O11. The van der Waals surface area contributed by atoms with Gasteiger partial charge in [-0.05, 0) is 66.1 Å². The molecule has 0 aliphatic carbocycles. The van der Waals surface area contributed by atoms with Crippen molar-refractivity contribution in [2.75, 3.05) is 13.2 Å². The SMILES string of the molecule is CCCCC1(C(C)OC(=O)OCCCC[C@H](CO[N+](=O)[O-])O[N+](=O)[O-])NC(Cl)=C(C(=O)O)N1Cc1ccc(-c2ccccc2-c2nnn[nH]2)cc1. The molecule has 2 heterocycles. The lowest BCUT2D eigenvalue weighted by atomic mass is 9.94. The minimum atomic E-state index is -1.27. The third-order valence-electron chi connectivity index (χ3n) is 8.22. The number of ether oxygens (including phenoxy) is 2. The average molecular weight is 733 g/mol. The summed E-state index contributed by atoms with van der Waals surface area (Å²) in [7, 11) is 0. The molecule has 3 N–H and O–H groups in total. The van der Waals surface area contributed by atoms with Crippen molar-refractivity contribution in [3.63, 3.8) is 0 Å². The topological polar surface area (TPSA) is 247 Å². The quantitative estimate of drug-likeness (QED) is 0.0463. The van der Waals surface area contributed by atoms with Gasteiger partial charge in [-0.1, -0.05) is 73.5 Å². The van der Waals surface area contributed by atoms with E-state index in [-0.39, 0.29) is 43.3 Å². The standard InChI is InChI=1S/C31H37ClN8O11/c1-3-4-16-31(20(2)50-30(43)48-17-8-7-9-23(51-40(46)47)19-49-39(44)45)33-27(32)26(29(41)42)38(31)18-21-12-14-22(15-13-21)24-10-5-6-11-25(24)28-34-36-37-35-28/h5-6,10-15,20,23,33H,3-4,7-9,16-19H2,1-2H3,(H,41,42)(H,34,35,36,37)/t20?,23-,31?/m1/s1. The number of hydrogen-bond donors (Lipinski definition) is 3. The number of unbranched alkanes of at least 4 members (excludes halogenated alkanes) is 2. The fourth-order valence-electron chi connectivity index (χ4n) is 5.76. The monoisotopic (exact) mass is 732 g/mol. The van der Waals surface area contributed by atoms with Crippen LogP contribution in [0.25, 0.3) is 22.5 Å². The summed E-state index contributed by atoms with van der Waals surface area (Å²) in [6.45, 7) is 2.91. The number of hydrogen-bond acceptors (Lipinski definition) is 15. The Morgan fingerprint density at radius 2 is 1.78 bits per heavy atom. The Morgan fingerprint density at radius 1 is 1.06 bits per heavy atom. The molecule has 0 radical (unpaired) electrons. The summed E-state index contributed by atoms with van der Waals surface area (Å²) < 4.78 is 10.9. The first-order chi connectivity index (χ1) is 24.4. The molecule has 1 aliphatic heterocycles. The zero-order valence-corrected chi connectivity index (χ0v) is 28.5. The van der Waals surface area contributed by atoms with Crippen LogP contribution in [0.1, 0.15) is 57.9 Å². The summed E-state index contributed by atoms with van der Waals surface area (Å²) in [5.41, 5.74) is 1.87. The maximum absolute atomic E-state index is 12.8. The Morgan fingerprint density at radius 3 is 2.41 bits per heavy atom. The number of rotatable bonds is 20. The number of carbonyl (C=O) groups is 2. The second-order valence-electron chi connectivity index (χ2n) is 11.5. The molecule has 3 atom stereocenters. The van der Waals surface area contributed by atoms with Crippen LogP contribution in [0.4, 0.5) is 4.79 Å². The number of aliphatic carboxylic acids is 1. The van der Waals surface area contributed by atoms with Crippen LogP contribution in [0.5, 0.6) is 0 Å². The zero-order valence-electron chi connectivity index (χ0n) is 27.7. The number of carboxylic acids is 1. The van der Waals surface area contributed by atoms with Crippen LogP contribution in [-0.2, 0) is 30.5 Å². The van der Waals surface area contributed by atoms with Crippen LogP contribution in [0.15, 0.2) is 59.4 Å². The predicted molar refractivity (Wildman–Crippen MR) is 177 cm³/mol. The van der Waals surface area contributed by atoms with Gasteiger partial charge in [0.2, 0.25) is 0 Å². The highest BCUT2D eigenvalue weighted by atomic mass is 35.5. The molecular weight excluding hydrogens is 696 g/mol. The number of benzene rings is 2. The maximum Gasteiger partial charge on any atom is 0.508 e. The third kappa shape index (κ3) is 9.93. The van der Waals surface area contributed by atoms with Crippen molar-refractivity contribution in [2.45, 2.75) is 76.8 Å². The molecule has 0 saturated heterocycles. The van der Waals surface area contributed by atoms with Gasteiger partial charge < -0.3 is 34.5 Å². The first-order valence-electron chi connectivity index (χ1n) is 16.0. The fourth-order valence-corrected chi connectivity index (χ4v) is 6.10. The van der Waals surface area contributed by atoms with Crippen LogP contribution >= 0.6 is 11.6 Å². The molecule has 0 bridgehead atoms. The van der Waals surface area contributed by atoms with E-state index in [0.717, 1.165) is 28.7 Å². The molecule has 20 heteroatoms. The van der Waals surface area contributed by atoms with Crippen molar-refractivity contribution in [1.82, 2.24) is 30.8 Å². The van der Waals surface area contributed by atoms with E-state index in [2.05, 4.69) is 35.6 Å². The number of nitrogens with zero attached hydrogens (tertiary/aromatic N) is 6. The fraction of sp³-hybridized carbons (Fsp3) is 0.452. The van der Waals surface area contributed by atoms with Crippen LogP contribution in [-0.4, -0.2) is 84.0 Å². The molecule has 19 nitrogen and oxygen atoms in total. The van der Waals surface area contributed by atoms with E-state index in [1.165, 1.54) is 0 Å². The molecule has 1 aromatic heterocycles. The van der Waals surface area contributed by atoms with Crippen molar-refractivity contribution >= 4 is 23.7 Å². The molecule has 1 aliphatic rings. The van der Waals surface area contributed by atoms with E-state index >= 15 is 0 Å². The second kappa shape index (κ2) is 17.8. The Balaban J connectivity index is 1.46. The van der Waals surface area contributed by atoms with Crippen molar-refractivity contribution < 1.29 is 44.0 Å². The van der Waals surface area contributed by atoms with E-state index in [4.69, 9.17) is 21.1 Å². The van der Waals surface area contributed by atoms with E-state index in [0.29, 0.717) is 18.7 Å². The Hall–Kier alpha value is -5.72. The van der Waals surface area contributed by atoms with E-state index in [9.17, 15) is 34.9 Å². The minimum Gasteiger partial charge on any atom is -0.476 e. The van der Waals surface area contributed by atoms with Gasteiger partial charge in [-0.15, -0.1) is 25.3 Å². The van der Waals surface area contributed by atoms with Gasteiger partial charge in [0.25, 0.3) is 10.2 Å². The van der Waals surface area contributed by atoms with Gasteiger partial charge in [-0.25, -0.2) is 14.7 Å². The van der Waals surface area contributed by atoms with E-state index in [1.54, 1.807) is 11.8 Å². The Bertz CT molecular complexity index is 1690. The van der Waals surface area contributed by atoms with Crippen LogP contribution in [0.2, 0.25) is 0 Å². The van der Waals surface area contributed by atoms with Gasteiger partial charge in [-0.2, -0.15) is 0 Å². The van der Waals surface area contributed by atoms with E-state index < -0.39 is 46.8 Å². The summed E-state index contributed by atoms with van der Waals surface area (Å²) in [6, 6.07) is 15.1. The number of aromatic amines is 1. The number of aromatic nitrogens is 4. The molecule has 274 valence electrons. The van der Waals surface area contributed by atoms with Gasteiger partial charge in [0.1, 0.15) is 29.6 Å². The third-order valence-corrected chi connectivity index (χ3v) is 8.49. The largest absolute Gasteiger partial charge is 0.508 e. The van der Waals surface area contributed by atoms with Gasteiger partial charge in [0.05, 0.1) is 6.61 Å². The molecule has 0 saturated carbocycles. The van der Waals surface area contributed by atoms with Crippen LogP contribution < -0.4 is 5.32 Å². The number of carboxylic acid groups (broad SMARTS) is 1. The Labute approximate surface area is 296 Å². The predicted octanol–water partition coefficient (Wildman–Crippen LogP) is 4.82. The molecule has 51 heavy (non-hydrogen) atoms. The zero-order chi connectivity index (χ0) is 37.0. The van der Waals surface area contributed by atoms with Crippen molar-refractivity contribution in [2.24, 2.45) is 0 Å². The van der Waals surface area contributed by atoms with Gasteiger partial charge in [-0.3, -0.25) is 0 Å². The minimum absolute atomic E-state index is 0.0250. The van der Waals surface area contributed by atoms with Crippen molar-refractivity contribution in [3.8, 4) is 22.5 Å². The second-order valence-corrected chi connectivity index (χ2v) is 11.9. The summed E-state index contributed by atoms with van der Waals surface area (Å²) in [5.74, 6) is -0.761. The van der Waals surface area contributed by atoms with Gasteiger partial charge in [0, 0.05) is 12.1 Å². The molecule has 4 rings (SSSR count). The lowest BCUT2D eigenvalue weighted by Gasteiger charge is -2.44. The van der Waals surface area contributed by atoms with Crippen LogP contribution in [0, 0.1) is 20.2 Å². The number of nitrogens with one attached hydrogen (secondary N) is 2. The van der Waals surface area contributed by atoms with E-state index in [1.807, 2.05) is 55.5 Å². The average Bonchev–Trinajstić information content (AvgIpc) is 3.73. The summed E-state index contributed by atoms with van der Waals surface area (Å²) in [6.07, 6.45) is -0.942. The molecule has 0 spiro atoms. The first-order valence-corrected chi connectivity index (χ1v) is 16.4. The molecule has 3 aromatic rings. The van der Waals surface area contributed by atoms with Crippen molar-refractivity contribution in [1.29, 1.82) is 0 Å².